The predicted octanol–water partition coefficient (Wildman–Crippen LogP) is 11.6. The summed E-state index contributed by atoms with van der Waals surface area (Å²) in [5, 5.41) is 7.43. The predicted molar refractivity (Wildman–Crippen MR) is 191 cm³/mol. The maximum Gasteiger partial charge on any atom is 0.0544 e. The molecule has 0 fully saturated rings. The van der Waals surface area contributed by atoms with E-state index in [1.54, 1.807) is 0 Å². The second-order valence-electron chi connectivity index (χ2n) is 11.9. The van der Waals surface area contributed by atoms with Crippen molar-refractivity contribution in [1.82, 2.24) is 15.0 Å². The molecule has 0 amide bonds. The van der Waals surface area contributed by atoms with Gasteiger partial charge in [0.2, 0.25) is 0 Å². The average Bonchev–Trinajstić information content (AvgIpc) is 3.79. The molecule has 7 aromatic carbocycles. The van der Waals surface area contributed by atoms with Gasteiger partial charge in [-0.25, -0.2) is 0 Å². The fourth-order valence-electron chi connectivity index (χ4n) is 7.57. The van der Waals surface area contributed by atoms with E-state index in [0.29, 0.717) is 0 Å². The minimum Gasteiger partial charge on any atom is -0.354 e. The van der Waals surface area contributed by atoms with Gasteiger partial charge in [0.1, 0.15) is 0 Å². The topological polar surface area (TPSA) is 47.4 Å². The standard InChI is InChI=1S/C42H27N3/c1-4-22-36-25(11-1)30-16-8-19-33(40(30)43-36)28-14-7-15-29(34-20-9-17-31-26-12-2-5-23-37(26)44-41(31)34)39(28)35-21-10-18-32-27-13-3-6-24-38(27)45-42(32)35/h1-24,43-45H. The number of fused-ring (bicyclic) bond motifs is 9. The zero-order valence-corrected chi connectivity index (χ0v) is 24.4. The van der Waals surface area contributed by atoms with Crippen molar-refractivity contribution in [2.75, 3.05) is 0 Å². The van der Waals surface area contributed by atoms with E-state index in [0.717, 1.165) is 33.1 Å². The number of hydrogen-bond acceptors (Lipinski definition) is 0. The molecule has 0 aliphatic carbocycles. The molecule has 3 N–H and O–H groups in total. The Kier molecular flexibility index (Phi) is 5.00. The van der Waals surface area contributed by atoms with Gasteiger partial charge in [-0.3, -0.25) is 0 Å². The van der Waals surface area contributed by atoms with Crippen LogP contribution >= 0.6 is 0 Å². The van der Waals surface area contributed by atoms with Gasteiger partial charge in [-0.1, -0.05) is 127 Å². The molecule has 0 spiro atoms. The Balaban J connectivity index is 1.36. The first-order valence-corrected chi connectivity index (χ1v) is 15.5. The van der Waals surface area contributed by atoms with Gasteiger partial charge in [-0.15, -0.1) is 0 Å². The summed E-state index contributed by atoms with van der Waals surface area (Å²) < 4.78 is 0. The van der Waals surface area contributed by atoms with Gasteiger partial charge >= 0.3 is 0 Å². The summed E-state index contributed by atoms with van der Waals surface area (Å²) in [5.41, 5.74) is 14.1. The third-order valence-electron chi connectivity index (χ3n) is 9.54. The van der Waals surface area contributed by atoms with Gasteiger partial charge in [0.05, 0.1) is 16.6 Å². The van der Waals surface area contributed by atoms with E-state index in [4.69, 9.17) is 0 Å². The highest BCUT2D eigenvalue weighted by Crippen LogP contribution is 2.47. The number of benzene rings is 7. The third kappa shape index (κ3) is 3.46. The number of aromatic amines is 3. The number of rotatable bonds is 3. The second-order valence-corrected chi connectivity index (χ2v) is 11.9. The van der Waals surface area contributed by atoms with Gasteiger partial charge in [0.25, 0.3) is 0 Å². The maximum absolute atomic E-state index is 3.80. The van der Waals surface area contributed by atoms with Crippen molar-refractivity contribution in [3.63, 3.8) is 0 Å². The lowest BCUT2D eigenvalue weighted by molar-refractivity contribution is 1.51. The van der Waals surface area contributed by atoms with E-state index >= 15 is 0 Å². The summed E-state index contributed by atoms with van der Waals surface area (Å²) in [4.78, 5) is 11.4. The number of hydrogen-bond donors (Lipinski definition) is 3. The highest BCUT2D eigenvalue weighted by Gasteiger charge is 2.21. The van der Waals surface area contributed by atoms with E-state index in [1.165, 1.54) is 65.7 Å². The van der Waals surface area contributed by atoms with Crippen LogP contribution in [0.5, 0.6) is 0 Å². The van der Waals surface area contributed by atoms with Crippen molar-refractivity contribution in [1.29, 1.82) is 0 Å². The van der Waals surface area contributed by atoms with Crippen molar-refractivity contribution in [3.05, 3.63) is 146 Å². The van der Waals surface area contributed by atoms with E-state index in [-0.39, 0.29) is 0 Å². The molecule has 3 heteroatoms. The molecule has 10 aromatic rings. The molecule has 3 nitrogen and oxygen atoms in total. The second kappa shape index (κ2) is 9.22. The molecular weight excluding hydrogens is 546 g/mol. The van der Waals surface area contributed by atoms with Crippen LogP contribution in [-0.4, -0.2) is 15.0 Å². The molecule has 3 aromatic heterocycles. The van der Waals surface area contributed by atoms with Crippen LogP contribution in [0.15, 0.2) is 146 Å². The summed E-state index contributed by atoms with van der Waals surface area (Å²) in [5.74, 6) is 0. The Morgan fingerprint density at radius 2 is 0.556 bits per heavy atom. The molecule has 45 heavy (non-hydrogen) atoms. The van der Waals surface area contributed by atoms with Crippen molar-refractivity contribution in [2.45, 2.75) is 0 Å². The minimum absolute atomic E-state index is 1.15. The monoisotopic (exact) mass is 573 g/mol. The molecule has 0 radical (unpaired) electrons. The molecule has 0 aliphatic rings. The number of aromatic nitrogens is 3. The first-order chi connectivity index (χ1) is 22.3. The smallest absolute Gasteiger partial charge is 0.0544 e. The van der Waals surface area contributed by atoms with Crippen molar-refractivity contribution < 1.29 is 0 Å². The van der Waals surface area contributed by atoms with E-state index < -0.39 is 0 Å². The Morgan fingerprint density at radius 3 is 1.00 bits per heavy atom. The average molecular weight is 574 g/mol. The van der Waals surface area contributed by atoms with E-state index in [1.807, 2.05) is 0 Å². The molecule has 0 saturated carbocycles. The molecule has 0 atom stereocenters. The molecule has 10 rings (SSSR count). The van der Waals surface area contributed by atoms with Crippen LogP contribution in [0.3, 0.4) is 0 Å². The van der Waals surface area contributed by atoms with E-state index in [2.05, 4.69) is 161 Å². The normalized spacial score (nSPS) is 12.0. The van der Waals surface area contributed by atoms with Gasteiger partial charge in [-0.05, 0) is 34.9 Å². The van der Waals surface area contributed by atoms with Crippen LogP contribution in [0.1, 0.15) is 0 Å². The van der Waals surface area contributed by atoms with Gasteiger partial charge in [0, 0.05) is 65.6 Å². The molecule has 210 valence electrons. The molecule has 0 bridgehead atoms. The first-order valence-electron chi connectivity index (χ1n) is 15.5. The quantitative estimate of drug-likeness (QED) is 0.188. The van der Waals surface area contributed by atoms with Crippen LogP contribution in [0.4, 0.5) is 0 Å². The van der Waals surface area contributed by atoms with Crippen LogP contribution in [0.25, 0.3) is 98.8 Å². The van der Waals surface area contributed by atoms with Crippen molar-refractivity contribution in [3.8, 4) is 33.4 Å². The number of para-hydroxylation sites is 6. The summed E-state index contributed by atoms with van der Waals surface area (Å²) in [6, 6.07) is 52.6. The largest absolute Gasteiger partial charge is 0.354 e. The van der Waals surface area contributed by atoms with Crippen LogP contribution in [0.2, 0.25) is 0 Å². The van der Waals surface area contributed by atoms with Gasteiger partial charge in [-0.2, -0.15) is 0 Å². The number of H-pyrrole nitrogens is 3. The van der Waals surface area contributed by atoms with Crippen LogP contribution < -0.4 is 0 Å². The van der Waals surface area contributed by atoms with E-state index in [9.17, 15) is 0 Å². The molecule has 3 heterocycles. The minimum atomic E-state index is 1.15. The van der Waals surface area contributed by atoms with Crippen LogP contribution in [-0.2, 0) is 0 Å². The van der Waals surface area contributed by atoms with Crippen LogP contribution in [0, 0.1) is 0 Å². The van der Waals surface area contributed by atoms with Gasteiger partial charge < -0.3 is 15.0 Å². The lowest BCUT2D eigenvalue weighted by Gasteiger charge is -2.18. The summed E-state index contributed by atoms with van der Waals surface area (Å²) in [6.45, 7) is 0. The Morgan fingerprint density at radius 1 is 0.244 bits per heavy atom. The summed E-state index contributed by atoms with van der Waals surface area (Å²) in [7, 11) is 0. The Bertz CT molecular complexity index is 2640. The number of nitrogens with one attached hydrogen (secondary N) is 3. The molecule has 0 aliphatic heterocycles. The summed E-state index contributed by atoms with van der Waals surface area (Å²) >= 11 is 0. The van der Waals surface area contributed by atoms with Crippen molar-refractivity contribution in [2.24, 2.45) is 0 Å². The lowest BCUT2D eigenvalue weighted by Crippen LogP contribution is -1.93. The third-order valence-corrected chi connectivity index (χ3v) is 9.54. The fraction of sp³-hybridized carbons (Fsp3) is 0. The zero-order chi connectivity index (χ0) is 29.5. The Hall–Kier alpha value is -6.06. The fourth-order valence-corrected chi connectivity index (χ4v) is 7.57. The first kappa shape index (κ1) is 24.4. The molecular formula is C42H27N3. The van der Waals surface area contributed by atoms with Crippen molar-refractivity contribution >= 4 is 65.4 Å². The highest BCUT2D eigenvalue weighted by molar-refractivity contribution is 6.19. The molecule has 0 unspecified atom stereocenters. The maximum atomic E-state index is 3.80. The zero-order valence-electron chi connectivity index (χ0n) is 24.4. The SMILES string of the molecule is c1cc(-c2cccc3c2[nH]c2ccccc23)c(-c2cccc3c2[nH]c2ccccc23)c(-c2cccc3c2[nH]c2ccccc23)c1. The Labute approximate surface area is 258 Å². The highest BCUT2D eigenvalue weighted by atomic mass is 14.7. The van der Waals surface area contributed by atoms with Gasteiger partial charge in [0.15, 0.2) is 0 Å². The summed E-state index contributed by atoms with van der Waals surface area (Å²) in [6.07, 6.45) is 0. The molecule has 0 saturated heterocycles. The lowest BCUT2D eigenvalue weighted by atomic mass is 9.85.